The number of nitrogens with one attached hydrogen (secondary N) is 1. The molecule has 3 rings (SSSR count). The van der Waals surface area contributed by atoms with Crippen LogP contribution in [0.2, 0.25) is 0 Å². The fourth-order valence-corrected chi connectivity index (χ4v) is 3.23. The molecule has 0 saturated carbocycles. The normalized spacial score (nSPS) is 17.6. The molecule has 4 nitrogen and oxygen atoms in total. The van der Waals surface area contributed by atoms with Gasteiger partial charge in [0, 0.05) is 50.9 Å². The van der Waals surface area contributed by atoms with E-state index in [0.717, 1.165) is 19.6 Å². The van der Waals surface area contributed by atoms with E-state index in [1.807, 2.05) is 12.4 Å². The molecule has 1 unspecified atom stereocenters. The highest BCUT2D eigenvalue weighted by molar-refractivity contribution is 5.47. The van der Waals surface area contributed by atoms with Crippen molar-refractivity contribution in [2.45, 2.75) is 38.5 Å². The first-order valence-electron chi connectivity index (χ1n) is 8.75. The van der Waals surface area contributed by atoms with Crippen molar-refractivity contribution in [3.8, 4) is 0 Å². The molecule has 24 heavy (non-hydrogen) atoms. The second-order valence-electron chi connectivity index (χ2n) is 6.55. The van der Waals surface area contributed by atoms with Crippen molar-refractivity contribution in [2.24, 2.45) is 0 Å². The van der Waals surface area contributed by atoms with Crippen molar-refractivity contribution in [1.82, 2.24) is 9.88 Å². The zero-order valence-corrected chi connectivity index (χ0v) is 14.6. The summed E-state index contributed by atoms with van der Waals surface area (Å²) in [5, 5.41) is 3.69. The molecule has 1 N–H and O–H groups in total. The van der Waals surface area contributed by atoms with Crippen LogP contribution in [0.25, 0.3) is 0 Å². The number of pyridine rings is 1. The Morgan fingerprint density at radius 3 is 2.67 bits per heavy atom. The van der Waals surface area contributed by atoms with Crippen molar-refractivity contribution < 1.29 is 4.74 Å². The van der Waals surface area contributed by atoms with Gasteiger partial charge in [-0.3, -0.25) is 9.88 Å². The van der Waals surface area contributed by atoms with E-state index in [2.05, 4.69) is 58.5 Å². The molecule has 1 aromatic heterocycles. The Kier molecular flexibility index (Phi) is 5.83. The topological polar surface area (TPSA) is 37.4 Å². The SMILES string of the molecule is COC(C)c1cccc(NC2CCN(Cc3ccncc3)CC2)c1. The average molecular weight is 325 g/mol. The number of likely N-dealkylation sites (tertiary alicyclic amines) is 1. The lowest BCUT2D eigenvalue weighted by atomic mass is 10.0. The fraction of sp³-hybridized carbons (Fsp3) is 0.450. The predicted octanol–water partition coefficient (Wildman–Crippen LogP) is 3.87. The van der Waals surface area contributed by atoms with Gasteiger partial charge < -0.3 is 10.1 Å². The molecule has 0 radical (unpaired) electrons. The summed E-state index contributed by atoms with van der Waals surface area (Å²) in [6.07, 6.45) is 6.23. The van der Waals surface area contributed by atoms with Gasteiger partial charge in [0.2, 0.25) is 0 Å². The predicted molar refractivity (Wildman–Crippen MR) is 98.0 cm³/mol. The van der Waals surface area contributed by atoms with Crippen LogP contribution in [0.1, 0.15) is 37.0 Å². The van der Waals surface area contributed by atoms with Gasteiger partial charge >= 0.3 is 0 Å². The molecule has 2 aromatic rings. The number of nitrogens with zero attached hydrogens (tertiary/aromatic N) is 2. The highest BCUT2D eigenvalue weighted by Gasteiger charge is 2.19. The maximum Gasteiger partial charge on any atom is 0.0793 e. The summed E-state index contributed by atoms with van der Waals surface area (Å²) in [6, 6.07) is 13.3. The van der Waals surface area contributed by atoms with E-state index in [0.29, 0.717) is 6.04 Å². The Hall–Kier alpha value is -1.91. The van der Waals surface area contributed by atoms with Gasteiger partial charge in [0.25, 0.3) is 0 Å². The number of aromatic nitrogens is 1. The van der Waals surface area contributed by atoms with Crippen molar-refractivity contribution in [1.29, 1.82) is 0 Å². The molecule has 1 fully saturated rings. The zero-order chi connectivity index (χ0) is 16.8. The van der Waals surface area contributed by atoms with E-state index in [9.17, 15) is 0 Å². The molecule has 1 saturated heterocycles. The molecule has 2 heterocycles. The Morgan fingerprint density at radius 1 is 1.21 bits per heavy atom. The van der Waals surface area contributed by atoms with Crippen LogP contribution < -0.4 is 5.32 Å². The molecule has 1 aromatic carbocycles. The third kappa shape index (κ3) is 4.56. The van der Waals surface area contributed by atoms with Crippen LogP contribution in [0.5, 0.6) is 0 Å². The zero-order valence-electron chi connectivity index (χ0n) is 14.6. The molecule has 1 aliphatic rings. The highest BCUT2D eigenvalue weighted by atomic mass is 16.5. The molecule has 0 bridgehead atoms. The minimum absolute atomic E-state index is 0.133. The summed E-state index contributed by atoms with van der Waals surface area (Å²) < 4.78 is 5.41. The van der Waals surface area contributed by atoms with Crippen LogP contribution in [-0.4, -0.2) is 36.1 Å². The van der Waals surface area contributed by atoms with Gasteiger partial charge in [-0.1, -0.05) is 12.1 Å². The van der Waals surface area contributed by atoms with Crippen LogP contribution in [0.3, 0.4) is 0 Å². The van der Waals surface area contributed by atoms with Gasteiger partial charge in [-0.2, -0.15) is 0 Å². The van der Waals surface area contributed by atoms with Gasteiger partial charge in [0.1, 0.15) is 0 Å². The molecule has 1 atom stereocenters. The number of rotatable bonds is 6. The Labute approximate surface area is 144 Å². The molecular weight excluding hydrogens is 298 g/mol. The van der Waals surface area contributed by atoms with Crippen LogP contribution in [0, 0.1) is 0 Å². The number of benzene rings is 1. The minimum atomic E-state index is 0.133. The number of methoxy groups -OCH3 is 1. The smallest absolute Gasteiger partial charge is 0.0793 e. The average Bonchev–Trinajstić information content (AvgIpc) is 2.64. The van der Waals surface area contributed by atoms with Gasteiger partial charge in [0.05, 0.1) is 6.10 Å². The van der Waals surface area contributed by atoms with Crippen LogP contribution in [0.15, 0.2) is 48.8 Å². The van der Waals surface area contributed by atoms with E-state index >= 15 is 0 Å². The summed E-state index contributed by atoms with van der Waals surface area (Å²) in [6.45, 7) is 5.37. The minimum Gasteiger partial charge on any atom is -0.382 e. The lowest BCUT2D eigenvalue weighted by Gasteiger charge is -2.33. The van der Waals surface area contributed by atoms with Crippen LogP contribution in [-0.2, 0) is 11.3 Å². The van der Waals surface area contributed by atoms with E-state index in [1.165, 1.54) is 29.7 Å². The highest BCUT2D eigenvalue weighted by Crippen LogP contribution is 2.22. The molecule has 128 valence electrons. The van der Waals surface area contributed by atoms with Gasteiger partial charge in [-0.15, -0.1) is 0 Å². The molecular formula is C20H27N3O. The second-order valence-corrected chi connectivity index (χ2v) is 6.55. The van der Waals surface area contributed by atoms with Crippen LogP contribution in [0.4, 0.5) is 5.69 Å². The molecule has 0 amide bonds. The maximum atomic E-state index is 5.41. The van der Waals surface area contributed by atoms with E-state index in [-0.39, 0.29) is 6.10 Å². The molecule has 0 aliphatic carbocycles. The summed E-state index contributed by atoms with van der Waals surface area (Å²) >= 11 is 0. The van der Waals surface area contributed by atoms with Gasteiger partial charge in [-0.05, 0) is 55.2 Å². The molecule has 0 spiro atoms. The summed E-state index contributed by atoms with van der Waals surface area (Å²) in [7, 11) is 1.75. The lowest BCUT2D eigenvalue weighted by molar-refractivity contribution is 0.119. The van der Waals surface area contributed by atoms with Crippen LogP contribution >= 0.6 is 0 Å². The number of hydrogen-bond acceptors (Lipinski definition) is 4. The third-order valence-corrected chi connectivity index (χ3v) is 4.82. The van der Waals surface area contributed by atoms with Crippen molar-refractivity contribution in [3.05, 3.63) is 59.9 Å². The standard InChI is InChI=1S/C20H27N3O/c1-16(24-2)18-4-3-5-20(14-18)22-19-8-12-23(13-9-19)15-17-6-10-21-11-7-17/h3-7,10-11,14,16,19,22H,8-9,12-13,15H2,1-2H3. The van der Waals surface area contributed by atoms with Crippen molar-refractivity contribution in [3.63, 3.8) is 0 Å². The Morgan fingerprint density at radius 2 is 1.96 bits per heavy atom. The number of anilines is 1. The number of piperidine rings is 1. The quantitative estimate of drug-likeness (QED) is 0.875. The lowest BCUT2D eigenvalue weighted by Crippen LogP contribution is -2.38. The molecule has 4 heteroatoms. The van der Waals surface area contributed by atoms with Gasteiger partial charge in [0.15, 0.2) is 0 Å². The summed E-state index contributed by atoms with van der Waals surface area (Å²) in [5.74, 6) is 0. The Balaban J connectivity index is 1.50. The van der Waals surface area contributed by atoms with Crippen molar-refractivity contribution >= 4 is 5.69 Å². The largest absolute Gasteiger partial charge is 0.382 e. The maximum absolute atomic E-state index is 5.41. The van der Waals surface area contributed by atoms with E-state index in [4.69, 9.17) is 4.74 Å². The summed E-state index contributed by atoms with van der Waals surface area (Å²) in [5.41, 5.74) is 3.76. The van der Waals surface area contributed by atoms with Gasteiger partial charge in [-0.25, -0.2) is 0 Å². The third-order valence-electron chi connectivity index (χ3n) is 4.82. The van der Waals surface area contributed by atoms with E-state index in [1.54, 1.807) is 7.11 Å². The fourth-order valence-electron chi connectivity index (χ4n) is 3.23. The van der Waals surface area contributed by atoms with E-state index < -0.39 is 0 Å². The number of hydrogen-bond donors (Lipinski definition) is 1. The van der Waals surface area contributed by atoms with Crippen molar-refractivity contribution in [2.75, 3.05) is 25.5 Å². The first kappa shape index (κ1) is 16.9. The monoisotopic (exact) mass is 325 g/mol. The Bertz CT molecular complexity index is 624. The first-order valence-corrected chi connectivity index (χ1v) is 8.75. The number of ether oxygens (including phenoxy) is 1. The summed E-state index contributed by atoms with van der Waals surface area (Å²) in [4.78, 5) is 6.61. The first-order chi connectivity index (χ1) is 11.7. The second kappa shape index (κ2) is 8.27. The molecule has 1 aliphatic heterocycles.